The molecule has 0 aliphatic carbocycles. The number of ether oxygens (including phenoxy) is 1. The van der Waals surface area contributed by atoms with Crippen molar-refractivity contribution in [2.75, 3.05) is 12.0 Å². The fourth-order valence-corrected chi connectivity index (χ4v) is 3.32. The second-order valence-electron chi connectivity index (χ2n) is 6.06. The van der Waals surface area contributed by atoms with Crippen molar-refractivity contribution in [3.63, 3.8) is 0 Å². The monoisotopic (exact) mass is 369 g/mol. The summed E-state index contributed by atoms with van der Waals surface area (Å²) in [5.41, 5.74) is 1.70. The van der Waals surface area contributed by atoms with Crippen LogP contribution in [0.5, 0.6) is 5.75 Å². The predicted octanol–water partition coefficient (Wildman–Crippen LogP) is 3.32. The lowest BCUT2D eigenvalue weighted by Crippen LogP contribution is -2.47. The maximum atomic E-state index is 12.8. The van der Waals surface area contributed by atoms with E-state index >= 15 is 0 Å². The molecule has 1 heterocycles. The van der Waals surface area contributed by atoms with Crippen LogP contribution in [0, 0.1) is 6.92 Å². The summed E-state index contributed by atoms with van der Waals surface area (Å²) in [4.78, 5) is 39.2. The van der Waals surface area contributed by atoms with Crippen LogP contribution in [0.3, 0.4) is 0 Å². The van der Waals surface area contributed by atoms with Gasteiger partial charge in [-0.1, -0.05) is 29.8 Å². The number of rotatable bonds is 6. The zero-order valence-corrected chi connectivity index (χ0v) is 15.4. The van der Waals surface area contributed by atoms with Crippen LogP contribution in [0.1, 0.15) is 32.7 Å². The minimum Gasteiger partial charge on any atom is -0.425 e. The molecular weight excluding hydrogens is 350 g/mol. The second-order valence-corrected chi connectivity index (χ2v) is 7.04. The zero-order valence-electron chi connectivity index (χ0n) is 14.6. The Morgan fingerprint density at radius 3 is 2.15 bits per heavy atom. The number of thioether (sulfide) groups is 1. The number of hydrogen-bond donors (Lipinski definition) is 0. The summed E-state index contributed by atoms with van der Waals surface area (Å²) >= 11 is 1.54. The van der Waals surface area contributed by atoms with Gasteiger partial charge < -0.3 is 4.74 Å². The smallest absolute Gasteiger partial charge is 0.334 e. The Hall–Kier alpha value is -2.60. The number of hydrogen-bond acceptors (Lipinski definition) is 5. The first kappa shape index (κ1) is 18.2. The Kier molecular flexibility index (Phi) is 5.42. The molecule has 3 rings (SSSR count). The Balaban J connectivity index is 1.86. The molecule has 6 heteroatoms. The molecule has 1 atom stereocenters. The van der Waals surface area contributed by atoms with Gasteiger partial charge in [0.15, 0.2) is 0 Å². The molecule has 0 radical (unpaired) electrons. The van der Waals surface area contributed by atoms with Gasteiger partial charge in [0, 0.05) is 0 Å². The number of nitrogens with zero attached hydrogens (tertiary/aromatic N) is 1. The number of carbonyl (C=O) groups excluding carboxylic acids is 3. The van der Waals surface area contributed by atoms with Crippen LogP contribution in [0.15, 0.2) is 48.5 Å². The summed E-state index contributed by atoms with van der Waals surface area (Å²) in [6.45, 7) is 1.94. The summed E-state index contributed by atoms with van der Waals surface area (Å²) in [5, 5.41) is 0. The van der Waals surface area contributed by atoms with Crippen LogP contribution in [-0.4, -0.2) is 40.7 Å². The molecule has 0 bridgehead atoms. The van der Waals surface area contributed by atoms with Crippen LogP contribution in [0.2, 0.25) is 0 Å². The van der Waals surface area contributed by atoms with Crippen LogP contribution >= 0.6 is 11.8 Å². The molecule has 0 aromatic heterocycles. The van der Waals surface area contributed by atoms with Crippen LogP contribution in [0.25, 0.3) is 0 Å². The number of amides is 2. The van der Waals surface area contributed by atoms with E-state index in [9.17, 15) is 14.4 Å². The van der Waals surface area contributed by atoms with Gasteiger partial charge in [-0.05, 0) is 49.6 Å². The highest BCUT2D eigenvalue weighted by Gasteiger charge is 2.43. The lowest BCUT2D eigenvalue weighted by Gasteiger charge is -2.24. The third kappa shape index (κ3) is 3.51. The van der Waals surface area contributed by atoms with Crippen molar-refractivity contribution in [3.05, 3.63) is 65.2 Å². The Morgan fingerprint density at radius 1 is 1.04 bits per heavy atom. The number of carbonyl (C=O) groups is 3. The van der Waals surface area contributed by atoms with Crippen molar-refractivity contribution in [3.8, 4) is 5.75 Å². The van der Waals surface area contributed by atoms with E-state index in [4.69, 9.17) is 4.74 Å². The predicted molar refractivity (Wildman–Crippen MR) is 101 cm³/mol. The van der Waals surface area contributed by atoms with Crippen molar-refractivity contribution in [1.29, 1.82) is 0 Å². The highest BCUT2D eigenvalue weighted by Crippen LogP contribution is 2.27. The fraction of sp³-hybridized carbons (Fsp3) is 0.250. The van der Waals surface area contributed by atoms with Gasteiger partial charge in [-0.3, -0.25) is 14.5 Å². The van der Waals surface area contributed by atoms with Crippen molar-refractivity contribution >= 4 is 29.5 Å². The first-order valence-corrected chi connectivity index (χ1v) is 9.66. The molecule has 5 nitrogen and oxygen atoms in total. The lowest BCUT2D eigenvalue weighted by molar-refractivity contribution is -0.138. The zero-order chi connectivity index (χ0) is 18.7. The average molecular weight is 369 g/mol. The molecule has 0 unspecified atom stereocenters. The number of imide groups is 1. The molecule has 1 aliphatic rings. The first-order chi connectivity index (χ1) is 12.5. The molecule has 2 aromatic carbocycles. The molecule has 0 spiro atoms. The van der Waals surface area contributed by atoms with Crippen molar-refractivity contribution in [2.24, 2.45) is 0 Å². The number of aryl methyl sites for hydroxylation is 1. The molecule has 0 saturated heterocycles. The van der Waals surface area contributed by atoms with E-state index in [0.29, 0.717) is 29.1 Å². The van der Waals surface area contributed by atoms with Crippen molar-refractivity contribution in [2.45, 2.75) is 19.4 Å². The van der Waals surface area contributed by atoms with Gasteiger partial charge in [0.05, 0.1) is 11.1 Å². The summed E-state index contributed by atoms with van der Waals surface area (Å²) in [6, 6.07) is 12.7. The SMILES string of the molecule is CSCC[C@@H](C(=O)Oc1ccc(C)cc1)N1C(=O)c2ccccc2C1=O. The van der Waals surface area contributed by atoms with Gasteiger partial charge >= 0.3 is 5.97 Å². The molecule has 134 valence electrons. The van der Waals surface area contributed by atoms with E-state index in [1.807, 2.05) is 25.3 Å². The highest BCUT2D eigenvalue weighted by atomic mass is 32.2. The maximum Gasteiger partial charge on any atom is 0.334 e. The largest absolute Gasteiger partial charge is 0.425 e. The molecule has 0 fully saturated rings. The topological polar surface area (TPSA) is 63.7 Å². The minimum atomic E-state index is -0.948. The maximum absolute atomic E-state index is 12.8. The Bertz CT molecular complexity index is 812. The van der Waals surface area contributed by atoms with Gasteiger partial charge in [-0.15, -0.1) is 0 Å². The quantitative estimate of drug-likeness (QED) is 0.444. The van der Waals surface area contributed by atoms with E-state index < -0.39 is 23.8 Å². The minimum absolute atomic E-state index is 0.329. The molecule has 26 heavy (non-hydrogen) atoms. The van der Waals surface area contributed by atoms with Gasteiger partial charge in [0.1, 0.15) is 11.8 Å². The van der Waals surface area contributed by atoms with Crippen molar-refractivity contribution in [1.82, 2.24) is 4.90 Å². The Labute approximate surface area is 156 Å². The van der Waals surface area contributed by atoms with Crippen molar-refractivity contribution < 1.29 is 19.1 Å². The average Bonchev–Trinajstić information content (AvgIpc) is 2.89. The van der Waals surface area contributed by atoms with Gasteiger partial charge in [-0.2, -0.15) is 11.8 Å². The molecule has 2 aromatic rings. The van der Waals surface area contributed by atoms with Crippen LogP contribution in [0.4, 0.5) is 0 Å². The normalized spacial score (nSPS) is 14.3. The first-order valence-electron chi connectivity index (χ1n) is 8.27. The standard InChI is InChI=1S/C20H19NO4S/c1-13-7-9-14(10-8-13)25-20(24)17(11-12-26-2)21-18(22)15-5-3-4-6-16(15)19(21)23/h3-10,17H,11-12H2,1-2H3/t17-/m0/s1. The van der Waals surface area contributed by atoms with Crippen LogP contribution < -0.4 is 4.74 Å². The van der Waals surface area contributed by atoms with Gasteiger partial charge in [0.25, 0.3) is 11.8 Å². The molecule has 1 aliphatic heterocycles. The molecule has 2 amide bonds. The highest BCUT2D eigenvalue weighted by molar-refractivity contribution is 7.98. The number of esters is 1. The third-order valence-corrected chi connectivity index (χ3v) is 4.89. The molecular formula is C20H19NO4S. The Morgan fingerprint density at radius 2 is 1.62 bits per heavy atom. The summed E-state index contributed by atoms with van der Waals surface area (Å²) in [6.07, 6.45) is 2.25. The third-order valence-electron chi connectivity index (χ3n) is 4.24. The summed E-state index contributed by atoms with van der Waals surface area (Å²) in [5.74, 6) is -0.472. The number of benzene rings is 2. The van der Waals surface area contributed by atoms with E-state index in [-0.39, 0.29) is 0 Å². The second kappa shape index (κ2) is 7.74. The lowest BCUT2D eigenvalue weighted by atomic mass is 10.1. The van der Waals surface area contributed by atoms with E-state index in [1.165, 1.54) is 0 Å². The van der Waals surface area contributed by atoms with Gasteiger partial charge in [0.2, 0.25) is 0 Å². The van der Waals surface area contributed by atoms with E-state index in [2.05, 4.69) is 0 Å². The fourth-order valence-electron chi connectivity index (χ4n) is 2.86. The van der Waals surface area contributed by atoms with Crippen LogP contribution in [-0.2, 0) is 4.79 Å². The van der Waals surface area contributed by atoms with E-state index in [1.54, 1.807) is 48.2 Å². The van der Waals surface area contributed by atoms with Gasteiger partial charge in [-0.25, -0.2) is 4.79 Å². The summed E-state index contributed by atoms with van der Waals surface area (Å²) < 4.78 is 5.44. The summed E-state index contributed by atoms with van der Waals surface area (Å²) in [7, 11) is 0. The number of fused-ring (bicyclic) bond motifs is 1. The van der Waals surface area contributed by atoms with E-state index in [0.717, 1.165) is 10.5 Å². The molecule has 0 saturated carbocycles. The molecule has 0 N–H and O–H groups in total.